The molecule has 0 aliphatic rings. The van der Waals surface area contributed by atoms with E-state index < -0.39 is 0 Å². The van der Waals surface area contributed by atoms with Crippen molar-refractivity contribution in [2.24, 2.45) is 0 Å². The monoisotopic (exact) mass is 640 g/mol. The summed E-state index contributed by atoms with van der Waals surface area (Å²) in [6.45, 7) is 0. The minimum atomic E-state index is 0.892. The summed E-state index contributed by atoms with van der Waals surface area (Å²) in [4.78, 5) is 10.8. The Morgan fingerprint density at radius 1 is 0.286 bits per heavy atom. The minimum absolute atomic E-state index is 0.892. The van der Waals surface area contributed by atoms with Gasteiger partial charge in [0.25, 0.3) is 0 Å². The van der Waals surface area contributed by atoms with Crippen molar-refractivity contribution in [2.45, 2.75) is 0 Å². The molecule has 10 rings (SSSR count). The molecule has 49 heavy (non-hydrogen) atoms. The van der Waals surface area contributed by atoms with Gasteiger partial charge in [-0.15, -0.1) is 11.3 Å². The fourth-order valence-electron chi connectivity index (χ4n) is 7.27. The van der Waals surface area contributed by atoms with Crippen LogP contribution in [0.5, 0.6) is 0 Å². The van der Waals surface area contributed by atoms with Crippen LogP contribution in [-0.2, 0) is 0 Å². The molecule has 0 amide bonds. The highest BCUT2D eigenvalue weighted by Crippen LogP contribution is 2.40. The average molecular weight is 641 g/mol. The Morgan fingerprint density at radius 3 is 1.43 bits per heavy atom. The van der Waals surface area contributed by atoms with E-state index in [1.54, 1.807) is 0 Å². The molecule has 228 valence electrons. The number of thiophene rings is 1. The second-order valence-corrected chi connectivity index (χ2v) is 13.6. The lowest BCUT2D eigenvalue weighted by Crippen LogP contribution is -1.97. The van der Waals surface area contributed by atoms with Crippen LogP contribution in [0.2, 0.25) is 0 Å². The van der Waals surface area contributed by atoms with Crippen molar-refractivity contribution < 1.29 is 0 Å². The minimum Gasteiger partial charge on any atom is -0.243 e. The highest BCUT2D eigenvalue weighted by Gasteiger charge is 2.18. The fourth-order valence-corrected chi connectivity index (χ4v) is 8.35. The maximum Gasteiger partial charge on any atom is 0.0979 e. The largest absolute Gasteiger partial charge is 0.243 e. The molecule has 0 saturated carbocycles. The fraction of sp³-hybridized carbons (Fsp3) is 0. The third kappa shape index (κ3) is 4.62. The summed E-state index contributed by atoms with van der Waals surface area (Å²) in [5.41, 5.74) is 10.6. The molecular weight excluding hydrogens is 613 g/mol. The lowest BCUT2D eigenvalue weighted by Gasteiger charge is -2.15. The molecule has 2 aromatic heterocycles. The Morgan fingerprint density at radius 2 is 0.755 bits per heavy atom. The molecule has 0 aliphatic carbocycles. The van der Waals surface area contributed by atoms with Crippen LogP contribution in [0.3, 0.4) is 0 Å². The summed E-state index contributed by atoms with van der Waals surface area (Å²) in [5.74, 6) is 0. The number of hydrogen-bond donors (Lipinski definition) is 0. The van der Waals surface area contributed by atoms with Crippen LogP contribution in [0.1, 0.15) is 0 Å². The smallest absolute Gasteiger partial charge is 0.0979 e. The maximum atomic E-state index is 5.44. The van der Waals surface area contributed by atoms with E-state index in [0.717, 1.165) is 44.3 Å². The SMILES string of the molecule is c1ccc(-c2nc3c4ccccc4c4cc(-c5cccc(-c6ccc7sc8ccccc8c7c6)c5)ccc4c3nc2-c2ccccc2)cc1. The summed E-state index contributed by atoms with van der Waals surface area (Å²) in [6, 6.07) is 60.7. The van der Waals surface area contributed by atoms with Crippen molar-refractivity contribution in [3.63, 3.8) is 0 Å². The van der Waals surface area contributed by atoms with Gasteiger partial charge in [0.05, 0.1) is 22.4 Å². The number of benzene rings is 8. The average Bonchev–Trinajstić information content (AvgIpc) is 3.56. The second kappa shape index (κ2) is 11.2. The van der Waals surface area contributed by atoms with Crippen LogP contribution in [-0.4, -0.2) is 9.97 Å². The normalized spacial score (nSPS) is 11.7. The summed E-state index contributed by atoms with van der Waals surface area (Å²) >= 11 is 1.86. The zero-order valence-corrected chi connectivity index (χ0v) is 27.3. The topological polar surface area (TPSA) is 25.8 Å². The van der Waals surface area contributed by atoms with Gasteiger partial charge < -0.3 is 0 Å². The Bertz CT molecular complexity index is 2870. The summed E-state index contributed by atoms with van der Waals surface area (Å²) < 4.78 is 2.65. The molecule has 0 saturated heterocycles. The molecule has 0 radical (unpaired) electrons. The Kier molecular flexibility index (Phi) is 6.39. The van der Waals surface area contributed by atoms with Gasteiger partial charge in [-0.25, -0.2) is 9.97 Å². The first-order valence-electron chi connectivity index (χ1n) is 16.6. The van der Waals surface area contributed by atoms with Crippen molar-refractivity contribution in [1.29, 1.82) is 0 Å². The maximum absolute atomic E-state index is 5.44. The van der Waals surface area contributed by atoms with E-state index in [1.165, 1.54) is 53.2 Å². The van der Waals surface area contributed by atoms with Crippen LogP contribution in [0.4, 0.5) is 0 Å². The van der Waals surface area contributed by atoms with Crippen molar-refractivity contribution in [3.8, 4) is 44.8 Å². The van der Waals surface area contributed by atoms with E-state index in [1.807, 2.05) is 23.5 Å². The molecule has 10 aromatic rings. The predicted octanol–water partition coefficient (Wildman–Crippen LogP) is 13.0. The lowest BCUT2D eigenvalue weighted by molar-refractivity contribution is 1.31. The third-order valence-corrected chi connectivity index (χ3v) is 10.8. The first-order chi connectivity index (χ1) is 24.3. The molecule has 8 aromatic carbocycles. The van der Waals surface area contributed by atoms with Gasteiger partial charge in [0.1, 0.15) is 0 Å². The molecule has 2 nitrogen and oxygen atoms in total. The van der Waals surface area contributed by atoms with Crippen molar-refractivity contribution in [1.82, 2.24) is 9.97 Å². The van der Waals surface area contributed by atoms with Crippen molar-refractivity contribution in [3.05, 3.63) is 170 Å². The van der Waals surface area contributed by atoms with Crippen molar-refractivity contribution in [2.75, 3.05) is 0 Å². The zero-order valence-electron chi connectivity index (χ0n) is 26.5. The molecule has 0 spiro atoms. The van der Waals surface area contributed by atoms with Crippen LogP contribution < -0.4 is 0 Å². The predicted molar refractivity (Wildman–Crippen MR) is 209 cm³/mol. The molecule has 0 fully saturated rings. The molecule has 3 heteroatoms. The van der Waals surface area contributed by atoms with E-state index in [9.17, 15) is 0 Å². The van der Waals surface area contributed by atoms with E-state index >= 15 is 0 Å². The van der Waals surface area contributed by atoms with Gasteiger partial charge in [0.15, 0.2) is 0 Å². The van der Waals surface area contributed by atoms with Gasteiger partial charge in [0.2, 0.25) is 0 Å². The van der Waals surface area contributed by atoms with Gasteiger partial charge >= 0.3 is 0 Å². The third-order valence-electron chi connectivity index (χ3n) is 9.64. The molecule has 0 bridgehead atoms. The summed E-state index contributed by atoms with van der Waals surface area (Å²) in [7, 11) is 0. The number of hydrogen-bond acceptors (Lipinski definition) is 3. The van der Waals surface area contributed by atoms with E-state index in [4.69, 9.17) is 9.97 Å². The molecule has 0 unspecified atom stereocenters. The molecule has 0 N–H and O–H groups in total. The molecule has 0 aliphatic heterocycles. The van der Waals surface area contributed by atoms with Crippen LogP contribution in [0, 0.1) is 0 Å². The Hall–Kier alpha value is -6.16. The number of fused-ring (bicyclic) bond motifs is 9. The van der Waals surface area contributed by atoms with Crippen molar-refractivity contribution >= 4 is 64.1 Å². The number of nitrogens with zero attached hydrogens (tertiary/aromatic N) is 2. The van der Waals surface area contributed by atoms with E-state index in [2.05, 4.69) is 158 Å². The first-order valence-corrected chi connectivity index (χ1v) is 17.4. The van der Waals surface area contributed by atoms with E-state index in [0.29, 0.717) is 0 Å². The van der Waals surface area contributed by atoms with Gasteiger partial charge in [-0.1, -0.05) is 140 Å². The van der Waals surface area contributed by atoms with Crippen LogP contribution >= 0.6 is 11.3 Å². The summed E-state index contributed by atoms with van der Waals surface area (Å²) in [6.07, 6.45) is 0. The standard InChI is InChI=1S/C46H28N2S/c1-3-12-29(13-4-1)43-44(30-14-5-2-6-15-30)48-46-38-24-22-33(27-39(38)35-18-7-8-20-37(35)45(46)47-43)31-16-11-17-32(26-31)34-23-25-42-40(28-34)36-19-9-10-21-41(36)49-42/h1-28H. The molecule has 2 heterocycles. The van der Waals surface area contributed by atoms with Gasteiger partial charge in [0, 0.05) is 42.1 Å². The van der Waals surface area contributed by atoms with E-state index in [-0.39, 0.29) is 0 Å². The number of rotatable bonds is 4. The van der Waals surface area contributed by atoms with Crippen LogP contribution in [0.15, 0.2) is 170 Å². The highest BCUT2D eigenvalue weighted by molar-refractivity contribution is 7.25. The quantitative estimate of drug-likeness (QED) is 0.179. The zero-order chi connectivity index (χ0) is 32.3. The Labute approximate surface area is 287 Å². The molecule has 0 atom stereocenters. The van der Waals surface area contributed by atoms with Gasteiger partial charge in [-0.05, 0) is 63.4 Å². The first kappa shape index (κ1) is 27.9. The number of aromatic nitrogens is 2. The van der Waals surface area contributed by atoms with Gasteiger partial charge in [-0.3, -0.25) is 0 Å². The highest BCUT2D eigenvalue weighted by atomic mass is 32.1. The second-order valence-electron chi connectivity index (χ2n) is 12.5. The summed E-state index contributed by atoms with van der Waals surface area (Å²) in [5, 5.41) is 7.21. The van der Waals surface area contributed by atoms with Gasteiger partial charge in [-0.2, -0.15) is 0 Å². The van der Waals surface area contributed by atoms with Crippen LogP contribution in [0.25, 0.3) is 97.5 Å². The Balaban J connectivity index is 1.17. The molecular formula is C46H28N2S. The lowest BCUT2D eigenvalue weighted by atomic mass is 9.93.